The van der Waals surface area contributed by atoms with Crippen molar-refractivity contribution in [2.24, 2.45) is 0 Å². The van der Waals surface area contributed by atoms with E-state index in [4.69, 9.17) is 0 Å². The normalized spacial score (nSPS) is 16.1. The Morgan fingerprint density at radius 1 is 1.44 bits per heavy atom. The Hall–Kier alpha value is -0.780. The van der Waals surface area contributed by atoms with Crippen molar-refractivity contribution in [3.8, 4) is 11.8 Å². The first-order valence-corrected chi connectivity index (χ1v) is 6.85. The molecule has 1 aromatic rings. The Balaban J connectivity index is 2.17. The molecule has 0 radical (unpaired) electrons. The summed E-state index contributed by atoms with van der Waals surface area (Å²) in [6.07, 6.45) is 6.22. The molecule has 1 heterocycles. The predicted molar refractivity (Wildman–Crippen MR) is 70.8 cm³/mol. The van der Waals surface area contributed by atoms with Crippen LogP contribution < -0.4 is 5.32 Å². The summed E-state index contributed by atoms with van der Waals surface area (Å²) in [5.74, 6) is 6.15. The van der Waals surface area contributed by atoms with Gasteiger partial charge in [0, 0.05) is 16.2 Å². The third-order valence-electron chi connectivity index (χ3n) is 3.19. The minimum atomic E-state index is 0.419. The Morgan fingerprint density at radius 3 is 2.94 bits per heavy atom. The lowest BCUT2D eigenvalue weighted by atomic mass is 9.98. The molecule has 0 saturated carbocycles. The van der Waals surface area contributed by atoms with Crippen LogP contribution in [0.5, 0.6) is 0 Å². The summed E-state index contributed by atoms with van der Waals surface area (Å²) in [6, 6.07) is 2.82. The standard InChI is InChI=1S/C14H19NS/c1-3-4-8-12(15-2)14-10-11-7-5-6-9-13(11)16-14/h10,12,15H,5-9H2,1-2H3. The average Bonchev–Trinajstić information content (AvgIpc) is 2.73. The lowest BCUT2D eigenvalue weighted by Gasteiger charge is -2.10. The molecule has 1 nitrogen and oxygen atoms in total. The first kappa shape index (κ1) is 11.7. The molecule has 1 aliphatic carbocycles. The van der Waals surface area contributed by atoms with Crippen molar-refractivity contribution >= 4 is 11.3 Å². The van der Waals surface area contributed by atoms with Crippen molar-refractivity contribution in [2.75, 3.05) is 7.05 Å². The molecule has 1 unspecified atom stereocenters. The number of thiophene rings is 1. The lowest BCUT2D eigenvalue weighted by Crippen LogP contribution is -2.14. The molecule has 0 aliphatic heterocycles. The Labute approximate surface area is 102 Å². The summed E-state index contributed by atoms with van der Waals surface area (Å²) in [7, 11) is 2.03. The van der Waals surface area contributed by atoms with Crippen LogP contribution in [0, 0.1) is 11.8 Å². The maximum atomic E-state index is 3.37. The highest BCUT2D eigenvalue weighted by molar-refractivity contribution is 7.12. The van der Waals surface area contributed by atoms with Crippen LogP contribution in [-0.2, 0) is 12.8 Å². The third kappa shape index (κ3) is 2.48. The highest BCUT2D eigenvalue weighted by Gasteiger charge is 2.17. The van der Waals surface area contributed by atoms with Gasteiger partial charge in [-0.2, -0.15) is 0 Å². The van der Waals surface area contributed by atoms with Gasteiger partial charge >= 0.3 is 0 Å². The van der Waals surface area contributed by atoms with Crippen LogP contribution in [0.1, 0.15) is 47.5 Å². The number of nitrogens with one attached hydrogen (secondary N) is 1. The number of hydrogen-bond acceptors (Lipinski definition) is 2. The Morgan fingerprint density at radius 2 is 2.25 bits per heavy atom. The number of hydrogen-bond donors (Lipinski definition) is 1. The number of fused-ring (bicyclic) bond motifs is 1. The van der Waals surface area contributed by atoms with Gasteiger partial charge in [-0.1, -0.05) is 0 Å². The molecule has 1 aromatic heterocycles. The molecule has 1 N–H and O–H groups in total. The van der Waals surface area contributed by atoms with E-state index in [1.54, 1.807) is 10.4 Å². The van der Waals surface area contributed by atoms with Crippen LogP contribution in [0.3, 0.4) is 0 Å². The molecule has 0 spiro atoms. The summed E-state index contributed by atoms with van der Waals surface area (Å²) in [5, 5.41) is 3.37. The second-order valence-corrected chi connectivity index (χ2v) is 5.44. The molecule has 16 heavy (non-hydrogen) atoms. The van der Waals surface area contributed by atoms with Crippen molar-refractivity contribution in [2.45, 2.75) is 45.1 Å². The Kier molecular flexibility index (Phi) is 4.04. The lowest BCUT2D eigenvalue weighted by molar-refractivity contribution is 0.621. The van der Waals surface area contributed by atoms with E-state index in [1.807, 2.05) is 25.3 Å². The summed E-state index contributed by atoms with van der Waals surface area (Å²) in [6.45, 7) is 1.91. The molecular formula is C14H19NS. The van der Waals surface area contributed by atoms with Gasteiger partial charge in [-0.25, -0.2) is 0 Å². The van der Waals surface area contributed by atoms with E-state index in [1.165, 1.54) is 30.6 Å². The van der Waals surface area contributed by atoms with Gasteiger partial charge in [0.1, 0.15) is 0 Å². The van der Waals surface area contributed by atoms with Gasteiger partial charge in [0.05, 0.1) is 6.04 Å². The van der Waals surface area contributed by atoms with E-state index in [9.17, 15) is 0 Å². The van der Waals surface area contributed by atoms with Crippen LogP contribution in [0.25, 0.3) is 0 Å². The molecule has 1 atom stereocenters. The van der Waals surface area contributed by atoms with E-state index >= 15 is 0 Å². The summed E-state index contributed by atoms with van der Waals surface area (Å²) < 4.78 is 0. The van der Waals surface area contributed by atoms with E-state index in [0.29, 0.717) is 6.04 Å². The van der Waals surface area contributed by atoms with Gasteiger partial charge in [0.2, 0.25) is 0 Å². The minimum Gasteiger partial charge on any atom is -0.312 e. The van der Waals surface area contributed by atoms with Crippen LogP contribution >= 0.6 is 11.3 Å². The topological polar surface area (TPSA) is 12.0 Å². The van der Waals surface area contributed by atoms with Crippen molar-refractivity contribution < 1.29 is 0 Å². The molecule has 0 fully saturated rings. The first-order valence-electron chi connectivity index (χ1n) is 6.03. The fourth-order valence-corrected chi connectivity index (χ4v) is 3.60. The van der Waals surface area contributed by atoms with E-state index in [2.05, 4.69) is 23.2 Å². The molecule has 0 amide bonds. The fraction of sp³-hybridized carbons (Fsp3) is 0.571. The zero-order valence-corrected chi connectivity index (χ0v) is 10.9. The van der Waals surface area contributed by atoms with E-state index in [-0.39, 0.29) is 0 Å². The number of rotatable bonds is 3. The molecule has 0 aromatic carbocycles. The maximum Gasteiger partial charge on any atom is 0.0523 e. The first-order chi connectivity index (χ1) is 7.85. The summed E-state index contributed by atoms with van der Waals surface area (Å²) in [5.41, 5.74) is 1.59. The molecule has 0 bridgehead atoms. The van der Waals surface area contributed by atoms with Gasteiger partial charge in [0.25, 0.3) is 0 Å². The monoisotopic (exact) mass is 233 g/mol. The summed E-state index contributed by atoms with van der Waals surface area (Å²) >= 11 is 1.99. The SMILES string of the molecule is CC#CCC(NC)c1cc2c(s1)CCCC2. The average molecular weight is 233 g/mol. The molecule has 0 saturated heterocycles. The molecular weight excluding hydrogens is 214 g/mol. The van der Waals surface area contributed by atoms with Gasteiger partial charge in [0.15, 0.2) is 0 Å². The third-order valence-corrected chi connectivity index (χ3v) is 4.54. The predicted octanol–water partition coefficient (Wildman–Crippen LogP) is 3.30. The van der Waals surface area contributed by atoms with Crippen molar-refractivity contribution in [1.29, 1.82) is 0 Å². The number of aryl methyl sites for hydroxylation is 2. The summed E-state index contributed by atoms with van der Waals surface area (Å²) in [4.78, 5) is 3.09. The second kappa shape index (κ2) is 5.52. The van der Waals surface area contributed by atoms with Crippen molar-refractivity contribution in [3.63, 3.8) is 0 Å². The van der Waals surface area contributed by atoms with Crippen molar-refractivity contribution in [3.05, 3.63) is 21.4 Å². The smallest absolute Gasteiger partial charge is 0.0523 e. The van der Waals surface area contributed by atoms with Crippen LogP contribution in [-0.4, -0.2) is 7.05 Å². The van der Waals surface area contributed by atoms with Crippen LogP contribution in [0.4, 0.5) is 0 Å². The zero-order chi connectivity index (χ0) is 11.4. The molecule has 1 aliphatic rings. The minimum absolute atomic E-state index is 0.419. The quantitative estimate of drug-likeness (QED) is 0.790. The fourth-order valence-electron chi connectivity index (χ4n) is 2.23. The van der Waals surface area contributed by atoms with Crippen LogP contribution in [0.15, 0.2) is 6.07 Å². The van der Waals surface area contributed by atoms with Gasteiger partial charge in [-0.05, 0) is 51.3 Å². The van der Waals surface area contributed by atoms with Crippen LogP contribution in [0.2, 0.25) is 0 Å². The largest absolute Gasteiger partial charge is 0.312 e. The second-order valence-electron chi connectivity index (χ2n) is 4.28. The van der Waals surface area contributed by atoms with Gasteiger partial charge < -0.3 is 5.32 Å². The highest BCUT2D eigenvalue weighted by Crippen LogP contribution is 2.33. The Bertz CT molecular complexity index is 385. The van der Waals surface area contributed by atoms with E-state index < -0.39 is 0 Å². The van der Waals surface area contributed by atoms with Gasteiger partial charge in [-0.3, -0.25) is 0 Å². The van der Waals surface area contributed by atoms with E-state index in [0.717, 1.165) is 6.42 Å². The highest BCUT2D eigenvalue weighted by atomic mass is 32.1. The molecule has 2 rings (SSSR count). The molecule has 86 valence electrons. The zero-order valence-electron chi connectivity index (χ0n) is 10.1. The van der Waals surface area contributed by atoms with Crippen molar-refractivity contribution in [1.82, 2.24) is 5.32 Å². The molecule has 2 heteroatoms. The maximum absolute atomic E-state index is 3.37. The van der Waals surface area contributed by atoms with Gasteiger partial charge in [-0.15, -0.1) is 23.2 Å².